The van der Waals surface area contributed by atoms with Crippen molar-refractivity contribution in [1.82, 2.24) is 10.6 Å². The summed E-state index contributed by atoms with van der Waals surface area (Å²) in [5, 5.41) is 6.41. The predicted octanol–water partition coefficient (Wildman–Crippen LogP) is 1.87. The molecule has 0 radical (unpaired) electrons. The van der Waals surface area contributed by atoms with Crippen LogP contribution in [0.4, 0.5) is 0 Å². The number of methoxy groups -OCH3 is 2. The van der Waals surface area contributed by atoms with E-state index in [4.69, 9.17) is 9.47 Å². The first-order valence-electron chi connectivity index (χ1n) is 6.49. The molecule has 0 saturated heterocycles. The summed E-state index contributed by atoms with van der Waals surface area (Å²) in [6, 6.07) is 0. The molecule has 0 aliphatic carbocycles. The van der Waals surface area contributed by atoms with Crippen LogP contribution in [0.2, 0.25) is 0 Å². The highest BCUT2D eigenvalue weighted by Crippen LogP contribution is 2.21. The Balaban J connectivity index is 0. The fraction of sp³-hybridized carbons (Fsp3) is 0.923. The normalized spacial score (nSPS) is 13.7. The molecule has 0 aliphatic heterocycles. The maximum Gasteiger partial charge on any atom is 0.191 e. The number of halogens is 1. The van der Waals surface area contributed by atoms with Crippen LogP contribution in [-0.4, -0.2) is 52.5 Å². The van der Waals surface area contributed by atoms with Crippen LogP contribution in [0.5, 0.6) is 0 Å². The zero-order chi connectivity index (χ0) is 14.0. The minimum atomic E-state index is 0. The van der Waals surface area contributed by atoms with E-state index in [1.165, 1.54) is 0 Å². The number of hydrogen-bond acceptors (Lipinski definition) is 3. The van der Waals surface area contributed by atoms with Crippen LogP contribution < -0.4 is 10.6 Å². The van der Waals surface area contributed by atoms with Gasteiger partial charge in [0, 0.05) is 27.3 Å². The molecule has 0 aliphatic rings. The van der Waals surface area contributed by atoms with Crippen molar-refractivity contribution in [3.8, 4) is 0 Å². The van der Waals surface area contributed by atoms with Gasteiger partial charge in [-0.15, -0.1) is 24.0 Å². The maximum absolute atomic E-state index is 5.48. The highest BCUT2D eigenvalue weighted by molar-refractivity contribution is 14.0. The second kappa shape index (κ2) is 11.7. The Hall–Kier alpha value is -0.0800. The first kappa shape index (κ1) is 21.2. The van der Waals surface area contributed by atoms with Gasteiger partial charge in [-0.05, 0) is 12.3 Å². The van der Waals surface area contributed by atoms with Crippen molar-refractivity contribution >= 4 is 29.9 Å². The van der Waals surface area contributed by atoms with Crippen LogP contribution in [0.25, 0.3) is 0 Å². The van der Waals surface area contributed by atoms with E-state index in [1.54, 1.807) is 14.2 Å². The number of guanidine groups is 1. The zero-order valence-electron chi connectivity index (χ0n) is 13.1. The lowest BCUT2D eigenvalue weighted by molar-refractivity contribution is 0.0241. The Bertz CT molecular complexity index is 243. The van der Waals surface area contributed by atoms with Crippen molar-refractivity contribution in [2.45, 2.75) is 33.8 Å². The van der Waals surface area contributed by atoms with E-state index in [0.29, 0.717) is 13.2 Å². The summed E-state index contributed by atoms with van der Waals surface area (Å²) < 4.78 is 10.5. The predicted molar refractivity (Wildman–Crippen MR) is 91.5 cm³/mol. The van der Waals surface area contributed by atoms with Crippen molar-refractivity contribution in [1.29, 1.82) is 0 Å². The monoisotopic (exact) mass is 387 g/mol. The zero-order valence-corrected chi connectivity index (χ0v) is 15.4. The first-order valence-corrected chi connectivity index (χ1v) is 6.49. The minimum absolute atomic E-state index is 0. The number of nitrogens with one attached hydrogen (secondary N) is 2. The molecule has 19 heavy (non-hydrogen) atoms. The van der Waals surface area contributed by atoms with Crippen LogP contribution in [0.15, 0.2) is 4.99 Å². The molecule has 0 heterocycles. The molecule has 0 aromatic carbocycles. The fourth-order valence-electron chi connectivity index (χ4n) is 1.49. The molecule has 0 rings (SSSR count). The highest BCUT2D eigenvalue weighted by Gasteiger charge is 2.23. The summed E-state index contributed by atoms with van der Waals surface area (Å²) in [5.41, 5.74) is 0.0854. The van der Waals surface area contributed by atoms with Crippen molar-refractivity contribution in [3.63, 3.8) is 0 Å². The molecule has 116 valence electrons. The highest BCUT2D eigenvalue weighted by atomic mass is 127. The summed E-state index contributed by atoms with van der Waals surface area (Å²) in [7, 11) is 3.42. The Labute approximate surface area is 134 Å². The van der Waals surface area contributed by atoms with Gasteiger partial charge in [-0.2, -0.15) is 0 Å². The van der Waals surface area contributed by atoms with Gasteiger partial charge in [-0.3, -0.25) is 4.99 Å². The topological polar surface area (TPSA) is 54.9 Å². The molecule has 5 nitrogen and oxygen atoms in total. The van der Waals surface area contributed by atoms with Gasteiger partial charge in [0.1, 0.15) is 0 Å². The molecule has 6 heteroatoms. The summed E-state index contributed by atoms with van der Waals surface area (Å²) in [5.74, 6) is 0.806. The lowest BCUT2D eigenvalue weighted by Crippen LogP contribution is -2.40. The summed E-state index contributed by atoms with van der Waals surface area (Å²) in [6.45, 7) is 11.4. The van der Waals surface area contributed by atoms with Gasteiger partial charge in [0.15, 0.2) is 5.96 Å². The average molecular weight is 387 g/mol. The Morgan fingerprint density at radius 2 is 1.84 bits per heavy atom. The summed E-state index contributed by atoms with van der Waals surface area (Å²) in [6.07, 6.45) is 0.107. The van der Waals surface area contributed by atoms with Crippen LogP contribution >= 0.6 is 24.0 Å². The van der Waals surface area contributed by atoms with Crippen LogP contribution in [0, 0.1) is 5.41 Å². The minimum Gasteiger partial charge on any atom is -0.383 e. The average Bonchev–Trinajstić information content (AvgIpc) is 2.28. The number of aliphatic imine (C=N–C) groups is 1. The van der Waals surface area contributed by atoms with Gasteiger partial charge >= 0.3 is 0 Å². The summed E-state index contributed by atoms with van der Waals surface area (Å²) >= 11 is 0. The number of ether oxygens (including phenoxy) is 2. The van der Waals surface area contributed by atoms with E-state index < -0.39 is 0 Å². The molecule has 0 aromatic heterocycles. The number of hydrogen-bond donors (Lipinski definition) is 2. The second-order valence-corrected chi connectivity index (χ2v) is 5.23. The van der Waals surface area contributed by atoms with Gasteiger partial charge in [0.2, 0.25) is 0 Å². The molecule has 1 unspecified atom stereocenters. The lowest BCUT2D eigenvalue weighted by Gasteiger charge is -2.28. The molecule has 0 saturated carbocycles. The van der Waals surface area contributed by atoms with Crippen LogP contribution in [0.1, 0.15) is 27.7 Å². The van der Waals surface area contributed by atoms with Gasteiger partial charge < -0.3 is 20.1 Å². The molecule has 0 fully saturated rings. The molecular formula is C13H30IN3O2. The van der Waals surface area contributed by atoms with E-state index in [2.05, 4.69) is 36.4 Å². The molecule has 0 amide bonds. The summed E-state index contributed by atoms with van der Waals surface area (Å²) in [4.78, 5) is 4.54. The van der Waals surface area contributed by atoms with E-state index in [9.17, 15) is 0 Å². The van der Waals surface area contributed by atoms with Crippen molar-refractivity contribution in [2.24, 2.45) is 10.4 Å². The van der Waals surface area contributed by atoms with Crippen molar-refractivity contribution < 1.29 is 9.47 Å². The Kier molecular flexibility index (Phi) is 13.1. The molecule has 1 atom stereocenters. The third-order valence-electron chi connectivity index (χ3n) is 2.61. The van der Waals surface area contributed by atoms with Gasteiger partial charge in [-0.1, -0.05) is 20.8 Å². The molecular weight excluding hydrogens is 357 g/mol. The maximum atomic E-state index is 5.48. The van der Waals surface area contributed by atoms with Crippen LogP contribution in [-0.2, 0) is 9.47 Å². The van der Waals surface area contributed by atoms with E-state index >= 15 is 0 Å². The molecule has 0 aromatic rings. The third-order valence-corrected chi connectivity index (χ3v) is 2.61. The van der Waals surface area contributed by atoms with Crippen molar-refractivity contribution in [3.05, 3.63) is 0 Å². The Morgan fingerprint density at radius 3 is 2.26 bits per heavy atom. The lowest BCUT2D eigenvalue weighted by atomic mass is 9.89. The standard InChI is InChI=1S/C13H29N3O2.HI/c1-7-14-12(15-8-9-17-5)16-10-11(18-6)13(2,3)4;/h11H,7-10H2,1-6H3,(H2,14,15,16);1H. The van der Waals surface area contributed by atoms with E-state index in [1.807, 2.05) is 6.92 Å². The Morgan fingerprint density at radius 1 is 1.21 bits per heavy atom. The second-order valence-electron chi connectivity index (χ2n) is 5.23. The number of rotatable bonds is 7. The number of nitrogens with zero attached hydrogens (tertiary/aromatic N) is 1. The van der Waals surface area contributed by atoms with Gasteiger partial charge in [0.05, 0.1) is 19.3 Å². The van der Waals surface area contributed by atoms with E-state index in [-0.39, 0.29) is 35.5 Å². The molecule has 0 bridgehead atoms. The van der Waals surface area contributed by atoms with Gasteiger partial charge in [-0.25, -0.2) is 0 Å². The smallest absolute Gasteiger partial charge is 0.191 e. The first-order chi connectivity index (χ1) is 8.45. The van der Waals surface area contributed by atoms with Crippen LogP contribution in [0.3, 0.4) is 0 Å². The SMILES string of the molecule is CCNC(=NCC(OC)C(C)(C)C)NCCOC.I. The van der Waals surface area contributed by atoms with Crippen molar-refractivity contribution in [2.75, 3.05) is 40.5 Å². The third kappa shape index (κ3) is 10.4. The fourth-order valence-corrected chi connectivity index (χ4v) is 1.49. The quantitative estimate of drug-likeness (QED) is 0.303. The largest absolute Gasteiger partial charge is 0.383 e. The van der Waals surface area contributed by atoms with Gasteiger partial charge in [0.25, 0.3) is 0 Å². The molecule has 0 spiro atoms. The van der Waals surface area contributed by atoms with E-state index in [0.717, 1.165) is 19.0 Å². The molecule has 2 N–H and O–H groups in total.